The molecule has 0 unspecified atom stereocenters. The number of sulfonamides is 1. The van der Waals surface area contributed by atoms with Crippen molar-refractivity contribution in [3.63, 3.8) is 0 Å². The first-order valence-electron chi connectivity index (χ1n) is 9.54. The molecule has 1 fully saturated rings. The highest BCUT2D eigenvalue weighted by Crippen LogP contribution is 2.25. The molecule has 0 spiro atoms. The zero-order valence-corrected chi connectivity index (χ0v) is 17.6. The predicted molar refractivity (Wildman–Crippen MR) is 113 cm³/mol. The summed E-state index contributed by atoms with van der Waals surface area (Å²) in [6.45, 7) is 0.640. The largest absolute Gasteiger partial charge is 0.378 e. The van der Waals surface area contributed by atoms with Gasteiger partial charge in [0.2, 0.25) is 10.0 Å². The van der Waals surface area contributed by atoms with Crippen LogP contribution in [0.2, 0.25) is 5.02 Å². The molecule has 0 radical (unpaired) electrons. The van der Waals surface area contributed by atoms with Crippen LogP contribution in [0.15, 0.2) is 71.3 Å². The number of piperidine rings is 1. The van der Waals surface area contributed by atoms with Crippen molar-refractivity contribution in [3.05, 3.63) is 71.4 Å². The minimum atomic E-state index is -3.59. The molecule has 0 saturated carbocycles. The average molecular weight is 446 g/mol. The van der Waals surface area contributed by atoms with E-state index >= 15 is 0 Å². The van der Waals surface area contributed by atoms with Crippen LogP contribution in [0, 0.1) is 0 Å². The first kappa shape index (κ1) is 20.6. The summed E-state index contributed by atoms with van der Waals surface area (Å²) in [7, 11) is -3.59. The minimum absolute atomic E-state index is 0.0969. The van der Waals surface area contributed by atoms with Crippen molar-refractivity contribution in [3.8, 4) is 0 Å². The van der Waals surface area contributed by atoms with Gasteiger partial charge in [0.1, 0.15) is 5.70 Å². The molecular weight excluding hydrogens is 426 g/mol. The first-order valence-corrected chi connectivity index (χ1v) is 11.4. The van der Waals surface area contributed by atoms with Crippen LogP contribution in [-0.2, 0) is 19.6 Å². The van der Waals surface area contributed by atoms with Gasteiger partial charge in [0.05, 0.1) is 10.6 Å². The van der Waals surface area contributed by atoms with Crippen molar-refractivity contribution in [2.24, 2.45) is 0 Å². The number of benzene rings is 2. The average Bonchev–Trinajstić information content (AvgIpc) is 3.02. The van der Waals surface area contributed by atoms with Gasteiger partial charge >= 0.3 is 0 Å². The zero-order valence-electron chi connectivity index (χ0n) is 16.0. The standard InChI is InChI=1S/C21H20ClN3O4S/c22-15-6-8-18(9-7-15)30(28,29)24-12-10-16(11-13-24)23-19-14-20(26)25(21(19)27)17-4-2-1-3-5-17/h1-9,14,16,23H,10-13H2. The van der Waals surface area contributed by atoms with Crippen molar-refractivity contribution in [1.82, 2.24) is 9.62 Å². The molecule has 2 aliphatic rings. The summed E-state index contributed by atoms with van der Waals surface area (Å²) in [6.07, 6.45) is 2.35. The van der Waals surface area contributed by atoms with E-state index in [4.69, 9.17) is 11.6 Å². The van der Waals surface area contributed by atoms with Gasteiger partial charge in [-0.05, 0) is 49.2 Å². The van der Waals surface area contributed by atoms with Gasteiger partial charge < -0.3 is 5.32 Å². The molecule has 1 N–H and O–H groups in total. The second kappa shape index (κ2) is 8.22. The number of nitrogens with zero attached hydrogens (tertiary/aromatic N) is 2. The maximum absolute atomic E-state index is 12.8. The highest BCUT2D eigenvalue weighted by Gasteiger charge is 2.35. The molecule has 0 atom stereocenters. The Hall–Kier alpha value is -2.68. The molecule has 2 aliphatic heterocycles. The van der Waals surface area contributed by atoms with Crippen LogP contribution in [0.25, 0.3) is 0 Å². The SMILES string of the molecule is O=C1C=C(NC2CCN(S(=O)(=O)c3ccc(Cl)cc3)CC2)C(=O)N1c1ccccc1. The molecule has 7 nitrogen and oxygen atoms in total. The van der Waals surface area contributed by atoms with E-state index in [1.807, 2.05) is 6.07 Å². The molecule has 9 heteroatoms. The third kappa shape index (κ3) is 3.98. The summed E-state index contributed by atoms with van der Waals surface area (Å²) in [5.41, 5.74) is 0.757. The number of halogens is 1. The maximum Gasteiger partial charge on any atom is 0.281 e. The van der Waals surface area contributed by atoms with Crippen LogP contribution in [-0.4, -0.2) is 43.7 Å². The second-order valence-corrected chi connectivity index (χ2v) is 9.52. The van der Waals surface area contributed by atoms with Crippen LogP contribution < -0.4 is 10.2 Å². The van der Waals surface area contributed by atoms with Gasteiger partial charge in [0.15, 0.2) is 0 Å². The van der Waals surface area contributed by atoms with Crippen molar-refractivity contribution >= 4 is 39.1 Å². The molecule has 2 heterocycles. The third-order valence-corrected chi connectivity index (χ3v) is 7.37. The van der Waals surface area contributed by atoms with E-state index in [1.54, 1.807) is 36.4 Å². The summed E-state index contributed by atoms with van der Waals surface area (Å²) < 4.78 is 27.0. The molecule has 2 amide bonds. The van der Waals surface area contributed by atoms with Gasteiger partial charge in [-0.25, -0.2) is 13.3 Å². The van der Waals surface area contributed by atoms with Crippen molar-refractivity contribution in [2.75, 3.05) is 18.0 Å². The maximum atomic E-state index is 12.8. The number of anilines is 1. The lowest BCUT2D eigenvalue weighted by molar-refractivity contribution is -0.120. The summed E-state index contributed by atoms with van der Waals surface area (Å²) in [5, 5.41) is 3.60. The Morgan fingerprint density at radius 3 is 2.20 bits per heavy atom. The lowest BCUT2D eigenvalue weighted by Gasteiger charge is -2.32. The molecule has 30 heavy (non-hydrogen) atoms. The molecule has 2 aromatic carbocycles. The quantitative estimate of drug-likeness (QED) is 0.715. The van der Waals surface area contributed by atoms with Crippen LogP contribution in [0.5, 0.6) is 0 Å². The van der Waals surface area contributed by atoms with Crippen LogP contribution in [0.4, 0.5) is 5.69 Å². The summed E-state index contributed by atoms with van der Waals surface area (Å²) in [4.78, 5) is 26.3. The number of para-hydroxylation sites is 1. The van der Waals surface area contributed by atoms with Crippen LogP contribution in [0.3, 0.4) is 0 Å². The van der Waals surface area contributed by atoms with E-state index in [2.05, 4.69) is 5.32 Å². The molecule has 4 rings (SSSR count). The van der Waals surface area contributed by atoms with Gasteiger partial charge in [-0.15, -0.1) is 0 Å². The highest BCUT2D eigenvalue weighted by atomic mass is 35.5. The van der Waals surface area contributed by atoms with E-state index in [-0.39, 0.29) is 16.6 Å². The Labute approximate surface area is 180 Å². The summed E-state index contributed by atoms with van der Waals surface area (Å²) >= 11 is 5.84. The summed E-state index contributed by atoms with van der Waals surface area (Å²) in [5.74, 6) is -0.793. The van der Waals surface area contributed by atoms with Gasteiger partial charge in [-0.1, -0.05) is 29.8 Å². The lowest BCUT2D eigenvalue weighted by atomic mass is 10.1. The molecular formula is C21H20ClN3O4S. The lowest BCUT2D eigenvalue weighted by Crippen LogP contribution is -2.45. The molecule has 2 aromatic rings. The highest BCUT2D eigenvalue weighted by molar-refractivity contribution is 7.89. The number of hydrogen-bond acceptors (Lipinski definition) is 5. The molecule has 0 bridgehead atoms. The number of carbonyl (C=O) groups is 2. The number of amides is 2. The monoisotopic (exact) mass is 445 g/mol. The first-order chi connectivity index (χ1) is 14.4. The third-order valence-electron chi connectivity index (χ3n) is 5.20. The van der Waals surface area contributed by atoms with Gasteiger partial charge in [-0.3, -0.25) is 9.59 Å². The Kier molecular flexibility index (Phi) is 5.64. The topological polar surface area (TPSA) is 86.8 Å². The van der Waals surface area contributed by atoms with Crippen LogP contribution in [0.1, 0.15) is 12.8 Å². The van der Waals surface area contributed by atoms with Gasteiger partial charge in [0, 0.05) is 30.2 Å². The van der Waals surface area contributed by atoms with Crippen molar-refractivity contribution in [1.29, 1.82) is 0 Å². The van der Waals surface area contributed by atoms with E-state index < -0.39 is 21.8 Å². The van der Waals surface area contributed by atoms with E-state index in [0.717, 1.165) is 4.90 Å². The molecule has 156 valence electrons. The smallest absolute Gasteiger partial charge is 0.281 e. The normalized spacial score (nSPS) is 18.6. The molecule has 0 aromatic heterocycles. The number of rotatable bonds is 5. The number of imide groups is 1. The van der Waals surface area contributed by atoms with E-state index in [9.17, 15) is 18.0 Å². The fourth-order valence-corrected chi connectivity index (χ4v) is 5.21. The van der Waals surface area contributed by atoms with Gasteiger partial charge in [-0.2, -0.15) is 4.31 Å². The van der Waals surface area contributed by atoms with Crippen molar-refractivity contribution < 1.29 is 18.0 Å². The van der Waals surface area contributed by atoms with Crippen LogP contribution >= 0.6 is 11.6 Å². The predicted octanol–water partition coefficient (Wildman–Crippen LogP) is 2.54. The fraction of sp³-hybridized carbons (Fsp3) is 0.238. The minimum Gasteiger partial charge on any atom is -0.378 e. The molecule has 1 saturated heterocycles. The fourth-order valence-electron chi connectivity index (χ4n) is 3.61. The number of hydrogen-bond donors (Lipinski definition) is 1. The molecule has 0 aliphatic carbocycles. The number of nitrogens with one attached hydrogen (secondary N) is 1. The summed E-state index contributed by atoms with van der Waals surface area (Å²) in [6, 6.07) is 14.7. The second-order valence-electron chi connectivity index (χ2n) is 7.15. The Bertz CT molecular complexity index is 1090. The van der Waals surface area contributed by atoms with E-state index in [0.29, 0.717) is 36.6 Å². The Morgan fingerprint density at radius 1 is 0.933 bits per heavy atom. The number of carbonyl (C=O) groups excluding carboxylic acids is 2. The van der Waals surface area contributed by atoms with Crippen molar-refractivity contribution in [2.45, 2.75) is 23.8 Å². The Morgan fingerprint density at radius 2 is 1.57 bits per heavy atom. The zero-order chi connectivity index (χ0) is 21.3. The Balaban J connectivity index is 1.38. The van der Waals surface area contributed by atoms with Gasteiger partial charge in [0.25, 0.3) is 11.8 Å². The van der Waals surface area contributed by atoms with E-state index in [1.165, 1.54) is 22.5 Å².